The van der Waals surface area contributed by atoms with Gasteiger partial charge in [-0.3, -0.25) is 0 Å². The minimum Gasteiger partial charge on any atom is -0.456 e. The molecule has 0 amide bonds. The maximum Gasteiger partial charge on any atom is 0.136 e. The van der Waals surface area contributed by atoms with Gasteiger partial charge in [-0.2, -0.15) is 0 Å². The monoisotopic (exact) mass is 804 g/mol. The van der Waals surface area contributed by atoms with Crippen LogP contribution in [-0.2, 0) is 0 Å². The fourth-order valence-corrected chi connectivity index (χ4v) is 9.60. The minimum absolute atomic E-state index is 0.827. The highest BCUT2D eigenvalue weighted by Crippen LogP contribution is 2.42. The van der Waals surface area contributed by atoms with E-state index in [1.165, 1.54) is 32.9 Å². The number of rotatable bonds is 6. The predicted octanol–water partition coefficient (Wildman–Crippen LogP) is 16.3. The van der Waals surface area contributed by atoms with E-state index in [1.807, 2.05) is 18.2 Å². The second-order valence-electron chi connectivity index (χ2n) is 16.3. The Morgan fingerprint density at radius 3 is 1.73 bits per heavy atom. The van der Waals surface area contributed by atoms with Crippen LogP contribution in [0.25, 0.3) is 127 Å². The standard InChI is InChI=1S/C59H36N2O2/c1-3-13-37(14-4-1)51-34-43(42-25-28-47-46-20-8-10-23-55(46)63-58(47)36-42)35-52(60-51)48-21-12-24-57-59(48)50-33-41(27-30-56(50)62-57)39-16-11-15-38(31-39)40-26-29-54-49(32-40)45-19-7-9-22-53(45)61(54)44-17-5-2-6-18-44/h1-36H. The van der Waals surface area contributed by atoms with Gasteiger partial charge in [-0.05, 0) is 118 Å². The fourth-order valence-electron chi connectivity index (χ4n) is 9.60. The van der Waals surface area contributed by atoms with Gasteiger partial charge in [-0.25, -0.2) is 4.98 Å². The molecule has 0 saturated heterocycles. The lowest BCUT2D eigenvalue weighted by molar-refractivity contribution is 0.668. The van der Waals surface area contributed by atoms with E-state index in [2.05, 4.69) is 205 Å². The number of nitrogens with zero attached hydrogens (tertiary/aromatic N) is 2. The summed E-state index contributed by atoms with van der Waals surface area (Å²) in [6.45, 7) is 0. The van der Waals surface area contributed by atoms with Crippen LogP contribution < -0.4 is 0 Å². The molecule has 0 aliphatic rings. The molecule has 0 spiro atoms. The highest BCUT2D eigenvalue weighted by molar-refractivity contribution is 6.14. The van der Waals surface area contributed by atoms with E-state index in [4.69, 9.17) is 13.8 Å². The number of hydrogen-bond donors (Lipinski definition) is 0. The van der Waals surface area contributed by atoms with Gasteiger partial charge in [0.25, 0.3) is 0 Å². The molecule has 0 bridgehead atoms. The lowest BCUT2D eigenvalue weighted by Crippen LogP contribution is -1.92. The second-order valence-corrected chi connectivity index (χ2v) is 16.3. The number of furan rings is 2. The molecule has 294 valence electrons. The van der Waals surface area contributed by atoms with Crippen LogP contribution in [0.5, 0.6) is 0 Å². The number of pyridine rings is 1. The molecule has 0 atom stereocenters. The molecule has 63 heavy (non-hydrogen) atoms. The van der Waals surface area contributed by atoms with Crippen molar-refractivity contribution < 1.29 is 8.83 Å². The molecule has 13 aromatic rings. The van der Waals surface area contributed by atoms with Crippen molar-refractivity contribution >= 4 is 65.7 Å². The van der Waals surface area contributed by atoms with E-state index < -0.39 is 0 Å². The van der Waals surface area contributed by atoms with Crippen LogP contribution in [0.2, 0.25) is 0 Å². The van der Waals surface area contributed by atoms with Crippen LogP contribution in [0.1, 0.15) is 0 Å². The van der Waals surface area contributed by atoms with Gasteiger partial charge < -0.3 is 13.4 Å². The van der Waals surface area contributed by atoms with Crippen molar-refractivity contribution in [2.75, 3.05) is 0 Å². The van der Waals surface area contributed by atoms with Gasteiger partial charge >= 0.3 is 0 Å². The average molecular weight is 805 g/mol. The quantitative estimate of drug-likeness (QED) is 0.168. The Balaban J connectivity index is 0.933. The van der Waals surface area contributed by atoms with Crippen molar-refractivity contribution in [2.24, 2.45) is 0 Å². The number of para-hydroxylation sites is 3. The fraction of sp³-hybridized carbons (Fsp3) is 0. The summed E-state index contributed by atoms with van der Waals surface area (Å²) < 4.78 is 15.3. The van der Waals surface area contributed by atoms with Crippen LogP contribution >= 0.6 is 0 Å². The molecule has 0 fully saturated rings. The molecule has 0 aliphatic heterocycles. The Kier molecular flexibility index (Phi) is 7.87. The molecule has 4 aromatic heterocycles. The Morgan fingerprint density at radius 2 is 0.873 bits per heavy atom. The Hall–Kier alpha value is -8.47. The third-order valence-electron chi connectivity index (χ3n) is 12.6. The van der Waals surface area contributed by atoms with Crippen LogP contribution in [0.15, 0.2) is 227 Å². The Morgan fingerprint density at radius 1 is 0.302 bits per heavy atom. The highest BCUT2D eigenvalue weighted by Gasteiger charge is 2.18. The summed E-state index contributed by atoms with van der Waals surface area (Å²) in [7, 11) is 0. The molecule has 0 N–H and O–H groups in total. The summed E-state index contributed by atoms with van der Waals surface area (Å²) in [6, 6.07) is 77.4. The first-order chi connectivity index (χ1) is 31.2. The van der Waals surface area contributed by atoms with E-state index in [0.29, 0.717) is 0 Å². The number of benzene rings is 9. The smallest absolute Gasteiger partial charge is 0.136 e. The summed E-state index contributed by atoms with van der Waals surface area (Å²) >= 11 is 0. The molecule has 0 unspecified atom stereocenters. The van der Waals surface area contributed by atoms with Gasteiger partial charge in [0.05, 0.1) is 22.4 Å². The lowest BCUT2D eigenvalue weighted by Gasteiger charge is -2.11. The third-order valence-corrected chi connectivity index (χ3v) is 12.6. The van der Waals surface area contributed by atoms with E-state index >= 15 is 0 Å². The summed E-state index contributed by atoms with van der Waals surface area (Å²) in [5, 5.41) is 6.80. The van der Waals surface area contributed by atoms with Gasteiger partial charge in [0, 0.05) is 49.1 Å². The molecule has 4 heterocycles. The zero-order valence-electron chi connectivity index (χ0n) is 34.0. The molecule has 0 radical (unpaired) electrons. The van der Waals surface area contributed by atoms with Gasteiger partial charge in [-0.15, -0.1) is 0 Å². The number of aromatic nitrogens is 2. The number of hydrogen-bond acceptors (Lipinski definition) is 3. The maximum absolute atomic E-state index is 6.57. The first-order valence-corrected chi connectivity index (χ1v) is 21.3. The van der Waals surface area contributed by atoms with Crippen molar-refractivity contribution in [1.29, 1.82) is 0 Å². The third kappa shape index (κ3) is 5.80. The van der Waals surface area contributed by atoms with Gasteiger partial charge in [0.1, 0.15) is 22.3 Å². The van der Waals surface area contributed by atoms with Crippen molar-refractivity contribution in [1.82, 2.24) is 9.55 Å². The SMILES string of the molecule is c1ccc(-c2cc(-c3ccc4c(c3)oc3ccccc34)cc(-c3cccc4oc5ccc(-c6cccc(-c7ccc8c(c7)c7ccccc7n8-c7ccccc7)c6)cc5c34)n2)cc1. The van der Waals surface area contributed by atoms with E-state index in [1.54, 1.807) is 0 Å². The van der Waals surface area contributed by atoms with Crippen molar-refractivity contribution in [3.05, 3.63) is 218 Å². The minimum atomic E-state index is 0.827. The lowest BCUT2D eigenvalue weighted by atomic mass is 9.95. The molecular weight excluding hydrogens is 769 g/mol. The van der Waals surface area contributed by atoms with Crippen LogP contribution in [0.3, 0.4) is 0 Å². The van der Waals surface area contributed by atoms with E-state index in [0.717, 1.165) is 94.3 Å². The zero-order chi connectivity index (χ0) is 41.4. The Bertz CT molecular complexity index is 3910. The first kappa shape index (κ1) is 35.3. The molecule has 4 heteroatoms. The average Bonchev–Trinajstić information content (AvgIpc) is 4.03. The molecule has 9 aromatic carbocycles. The second kappa shape index (κ2) is 14.1. The topological polar surface area (TPSA) is 44.1 Å². The maximum atomic E-state index is 6.57. The van der Waals surface area contributed by atoms with Crippen molar-refractivity contribution in [3.63, 3.8) is 0 Å². The number of fused-ring (bicyclic) bond motifs is 9. The predicted molar refractivity (Wildman–Crippen MR) is 260 cm³/mol. The van der Waals surface area contributed by atoms with Crippen molar-refractivity contribution in [3.8, 4) is 61.6 Å². The van der Waals surface area contributed by atoms with Crippen molar-refractivity contribution in [2.45, 2.75) is 0 Å². The highest BCUT2D eigenvalue weighted by atomic mass is 16.3. The van der Waals surface area contributed by atoms with E-state index in [-0.39, 0.29) is 0 Å². The zero-order valence-corrected chi connectivity index (χ0v) is 34.0. The summed E-state index contributed by atoms with van der Waals surface area (Å²) in [5.41, 5.74) is 17.5. The summed E-state index contributed by atoms with van der Waals surface area (Å²) in [5.74, 6) is 0. The van der Waals surface area contributed by atoms with Gasteiger partial charge in [0.15, 0.2) is 0 Å². The van der Waals surface area contributed by atoms with Crippen LogP contribution in [0.4, 0.5) is 0 Å². The van der Waals surface area contributed by atoms with Crippen LogP contribution in [-0.4, -0.2) is 9.55 Å². The normalized spacial score (nSPS) is 11.8. The van der Waals surface area contributed by atoms with Gasteiger partial charge in [-0.1, -0.05) is 133 Å². The van der Waals surface area contributed by atoms with Crippen LogP contribution in [0, 0.1) is 0 Å². The summed E-state index contributed by atoms with van der Waals surface area (Å²) in [6.07, 6.45) is 0. The first-order valence-electron chi connectivity index (χ1n) is 21.3. The van der Waals surface area contributed by atoms with Gasteiger partial charge in [0.2, 0.25) is 0 Å². The largest absolute Gasteiger partial charge is 0.456 e. The molecular formula is C59H36N2O2. The molecule has 0 saturated carbocycles. The molecule has 13 rings (SSSR count). The molecule has 0 aliphatic carbocycles. The Labute approximate surface area is 362 Å². The van der Waals surface area contributed by atoms with E-state index in [9.17, 15) is 0 Å². The summed E-state index contributed by atoms with van der Waals surface area (Å²) in [4.78, 5) is 5.35. The molecule has 4 nitrogen and oxygen atoms in total.